The van der Waals surface area contributed by atoms with E-state index in [1.807, 2.05) is 24.7 Å². The van der Waals surface area contributed by atoms with Crippen LogP contribution in [0, 0.1) is 0 Å². The number of benzene rings is 1. The Hall–Kier alpha value is -1.97. The Morgan fingerprint density at radius 2 is 2.26 bits per heavy atom. The second-order valence-corrected chi connectivity index (χ2v) is 5.04. The molecule has 2 heterocycles. The van der Waals surface area contributed by atoms with Crippen LogP contribution in [0.4, 0.5) is 11.4 Å². The van der Waals surface area contributed by atoms with E-state index >= 15 is 0 Å². The number of hydrogen-bond donors (Lipinski definition) is 1. The van der Waals surface area contributed by atoms with Crippen LogP contribution < -0.4 is 10.6 Å². The molecule has 100 valence electrons. The van der Waals surface area contributed by atoms with Gasteiger partial charge in [0.1, 0.15) is 0 Å². The molecule has 0 atom stereocenters. The molecule has 0 saturated carbocycles. The summed E-state index contributed by atoms with van der Waals surface area (Å²) in [7, 11) is 0. The summed E-state index contributed by atoms with van der Waals surface area (Å²) in [4.78, 5) is 6.66. The van der Waals surface area contributed by atoms with Crippen LogP contribution in [0.1, 0.15) is 24.6 Å². The van der Waals surface area contributed by atoms with E-state index < -0.39 is 0 Å². The maximum Gasteiger partial charge on any atom is 0.0948 e. The summed E-state index contributed by atoms with van der Waals surface area (Å²) in [6.07, 6.45) is 6.12. The van der Waals surface area contributed by atoms with E-state index in [1.54, 1.807) is 0 Å². The van der Waals surface area contributed by atoms with Gasteiger partial charge in [0.2, 0.25) is 0 Å². The van der Waals surface area contributed by atoms with E-state index in [9.17, 15) is 0 Å². The highest BCUT2D eigenvalue weighted by Gasteiger charge is 2.19. The smallest absolute Gasteiger partial charge is 0.0948 e. The van der Waals surface area contributed by atoms with Gasteiger partial charge in [-0.1, -0.05) is 6.07 Å². The standard InChI is InChI=1S/C15H20N4/c1-2-18-11-17-9-12(18)10-19-8-4-5-13-14(16)6-3-7-15(13)19/h3,6-7,9,11H,2,4-5,8,10,16H2,1H3. The number of rotatable bonds is 3. The zero-order chi connectivity index (χ0) is 13.2. The topological polar surface area (TPSA) is 47.1 Å². The first-order valence-electron chi connectivity index (χ1n) is 6.91. The molecular weight excluding hydrogens is 236 g/mol. The van der Waals surface area contributed by atoms with Crippen LogP contribution in [-0.4, -0.2) is 16.1 Å². The van der Waals surface area contributed by atoms with Crippen LogP contribution in [0.3, 0.4) is 0 Å². The monoisotopic (exact) mass is 256 g/mol. The lowest BCUT2D eigenvalue weighted by molar-refractivity contribution is 0.647. The summed E-state index contributed by atoms with van der Waals surface area (Å²) in [5.74, 6) is 0. The van der Waals surface area contributed by atoms with Crippen molar-refractivity contribution in [2.75, 3.05) is 17.2 Å². The average molecular weight is 256 g/mol. The molecule has 4 heteroatoms. The summed E-state index contributed by atoms with van der Waals surface area (Å²) in [6.45, 7) is 5.11. The lowest BCUT2D eigenvalue weighted by atomic mass is 10.00. The Morgan fingerprint density at radius 1 is 1.37 bits per heavy atom. The lowest BCUT2D eigenvalue weighted by Gasteiger charge is -2.32. The van der Waals surface area contributed by atoms with Crippen LogP contribution >= 0.6 is 0 Å². The number of aromatic nitrogens is 2. The normalized spacial score (nSPS) is 14.5. The molecule has 19 heavy (non-hydrogen) atoms. The van der Waals surface area contributed by atoms with Crippen LogP contribution in [0.5, 0.6) is 0 Å². The molecule has 2 N–H and O–H groups in total. The van der Waals surface area contributed by atoms with Gasteiger partial charge in [0, 0.05) is 30.7 Å². The second kappa shape index (κ2) is 4.96. The van der Waals surface area contributed by atoms with Crippen molar-refractivity contribution in [1.29, 1.82) is 0 Å². The molecule has 0 saturated heterocycles. The van der Waals surface area contributed by atoms with Crippen molar-refractivity contribution in [1.82, 2.24) is 9.55 Å². The minimum absolute atomic E-state index is 0.907. The van der Waals surface area contributed by atoms with Gasteiger partial charge in [0.15, 0.2) is 0 Å². The van der Waals surface area contributed by atoms with Crippen LogP contribution in [0.25, 0.3) is 0 Å². The number of imidazole rings is 1. The number of hydrogen-bond acceptors (Lipinski definition) is 3. The Kier molecular flexibility index (Phi) is 3.15. The van der Waals surface area contributed by atoms with Crippen LogP contribution in [0.2, 0.25) is 0 Å². The van der Waals surface area contributed by atoms with Gasteiger partial charge in [-0.2, -0.15) is 0 Å². The number of nitrogens with two attached hydrogens (primary N) is 1. The molecule has 1 aliphatic heterocycles. The summed E-state index contributed by atoms with van der Waals surface area (Å²) in [5.41, 5.74) is 10.9. The summed E-state index contributed by atoms with van der Waals surface area (Å²) in [5, 5.41) is 0. The van der Waals surface area contributed by atoms with Crippen LogP contribution in [-0.2, 0) is 19.5 Å². The molecule has 4 nitrogen and oxygen atoms in total. The van der Waals surface area contributed by atoms with Crippen molar-refractivity contribution in [3.8, 4) is 0 Å². The minimum Gasteiger partial charge on any atom is -0.398 e. The fourth-order valence-corrected chi connectivity index (χ4v) is 2.85. The van der Waals surface area contributed by atoms with Crippen molar-refractivity contribution in [2.45, 2.75) is 32.9 Å². The van der Waals surface area contributed by atoms with E-state index in [0.717, 1.165) is 31.7 Å². The first kappa shape index (κ1) is 12.1. The second-order valence-electron chi connectivity index (χ2n) is 5.04. The van der Waals surface area contributed by atoms with Gasteiger partial charge >= 0.3 is 0 Å². The van der Waals surface area contributed by atoms with Crippen molar-refractivity contribution in [2.24, 2.45) is 0 Å². The third kappa shape index (κ3) is 2.18. The lowest BCUT2D eigenvalue weighted by Crippen LogP contribution is -2.30. The van der Waals surface area contributed by atoms with Crippen molar-refractivity contribution >= 4 is 11.4 Å². The molecule has 0 spiro atoms. The summed E-state index contributed by atoms with van der Waals surface area (Å²) < 4.78 is 2.20. The van der Waals surface area contributed by atoms with Crippen LogP contribution in [0.15, 0.2) is 30.7 Å². The van der Waals surface area contributed by atoms with E-state index in [0.29, 0.717) is 0 Å². The van der Waals surface area contributed by atoms with Gasteiger partial charge < -0.3 is 15.2 Å². The largest absolute Gasteiger partial charge is 0.398 e. The molecule has 0 amide bonds. The van der Waals surface area contributed by atoms with Crippen molar-refractivity contribution in [3.63, 3.8) is 0 Å². The van der Waals surface area contributed by atoms with Gasteiger partial charge in [0.05, 0.1) is 18.6 Å². The molecule has 0 bridgehead atoms. The summed E-state index contributed by atoms with van der Waals surface area (Å²) in [6, 6.07) is 6.22. The molecule has 1 aromatic carbocycles. The van der Waals surface area contributed by atoms with Gasteiger partial charge in [0.25, 0.3) is 0 Å². The van der Waals surface area contributed by atoms with Gasteiger partial charge in [-0.3, -0.25) is 0 Å². The number of anilines is 2. The number of nitrogen functional groups attached to an aromatic ring is 1. The zero-order valence-electron chi connectivity index (χ0n) is 11.3. The van der Waals surface area contributed by atoms with E-state index in [1.165, 1.54) is 23.4 Å². The highest BCUT2D eigenvalue weighted by Crippen LogP contribution is 2.32. The highest BCUT2D eigenvalue weighted by atomic mass is 15.2. The zero-order valence-corrected chi connectivity index (χ0v) is 11.3. The number of aryl methyl sites for hydroxylation is 1. The molecular formula is C15H20N4. The van der Waals surface area contributed by atoms with E-state index in [4.69, 9.17) is 5.73 Å². The van der Waals surface area contributed by atoms with Gasteiger partial charge in [-0.25, -0.2) is 4.98 Å². The molecule has 3 rings (SSSR count). The highest BCUT2D eigenvalue weighted by molar-refractivity contribution is 5.66. The predicted octanol–water partition coefficient (Wildman–Crippen LogP) is 2.44. The molecule has 0 unspecified atom stereocenters. The minimum atomic E-state index is 0.907. The maximum atomic E-state index is 6.09. The molecule has 2 aromatic rings. The Bertz CT molecular complexity index is 573. The first-order valence-corrected chi connectivity index (χ1v) is 6.91. The van der Waals surface area contributed by atoms with Gasteiger partial charge in [-0.15, -0.1) is 0 Å². The molecule has 0 radical (unpaired) electrons. The van der Waals surface area contributed by atoms with Crippen molar-refractivity contribution in [3.05, 3.63) is 42.0 Å². The predicted molar refractivity (Wildman–Crippen MR) is 78.1 cm³/mol. The quantitative estimate of drug-likeness (QED) is 0.858. The molecule has 0 fully saturated rings. The number of nitrogens with zero attached hydrogens (tertiary/aromatic N) is 3. The first-order chi connectivity index (χ1) is 9.29. The Morgan fingerprint density at radius 3 is 3.11 bits per heavy atom. The van der Waals surface area contributed by atoms with E-state index in [-0.39, 0.29) is 0 Å². The van der Waals surface area contributed by atoms with E-state index in [2.05, 4.69) is 27.4 Å². The maximum absolute atomic E-state index is 6.09. The number of fused-ring (bicyclic) bond motifs is 1. The Labute approximate surface area is 113 Å². The fraction of sp³-hybridized carbons (Fsp3) is 0.400. The van der Waals surface area contributed by atoms with Gasteiger partial charge in [-0.05, 0) is 37.5 Å². The third-order valence-corrected chi connectivity index (χ3v) is 3.88. The fourth-order valence-electron chi connectivity index (χ4n) is 2.85. The summed E-state index contributed by atoms with van der Waals surface area (Å²) >= 11 is 0. The molecule has 1 aromatic heterocycles. The molecule has 1 aliphatic rings. The third-order valence-electron chi connectivity index (χ3n) is 3.88. The Balaban J connectivity index is 1.90. The average Bonchev–Trinajstić information content (AvgIpc) is 2.87. The molecule has 0 aliphatic carbocycles. The SMILES string of the molecule is CCn1cncc1CN1CCCc2c(N)cccc21. The van der Waals surface area contributed by atoms with Crippen molar-refractivity contribution < 1.29 is 0 Å².